The van der Waals surface area contributed by atoms with Crippen LogP contribution in [0.3, 0.4) is 0 Å². The average Bonchev–Trinajstić information content (AvgIpc) is 1.38. The van der Waals surface area contributed by atoms with Crippen LogP contribution in [-0.4, -0.2) is 11.4 Å². The number of carbonyl (C=O) groups excluding carboxylic acids is 1. The molecule has 0 aliphatic carbocycles. The van der Waals surface area contributed by atoms with E-state index >= 15 is 0 Å². The van der Waals surface area contributed by atoms with Crippen LogP contribution in [0.25, 0.3) is 0 Å². The Morgan fingerprint density at radius 3 is 1.86 bits per heavy atom. The Kier molecular flexibility index (Phi) is 22.7. The summed E-state index contributed by atoms with van der Waals surface area (Å²) in [5.41, 5.74) is 4.65. The van der Waals surface area contributed by atoms with Gasteiger partial charge in [0.25, 0.3) is 0 Å². The Morgan fingerprint density at radius 2 is 1.86 bits per heavy atom. The van der Waals surface area contributed by atoms with Crippen molar-refractivity contribution in [3.05, 3.63) is 0 Å². The van der Waals surface area contributed by atoms with Gasteiger partial charge in [0.2, 0.25) is 5.91 Å². The number of nitrogens with two attached hydrogens (primary N) is 1. The first-order valence-corrected chi connectivity index (χ1v) is 1.55. The molecule has 1 amide bonds. The molecular formula is C3H8KNO2. The fourth-order valence-corrected chi connectivity index (χ4v) is 0. The zero-order valence-electron chi connectivity index (χ0n) is 4.64. The van der Waals surface area contributed by atoms with Crippen molar-refractivity contribution in [1.29, 1.82) is 0 Å². The number of hydrogen-bond acceptors (Lipinski definition) is 2. The van der Waals surface area contributed by atoms with E-state index in [9.17, 15) is 4.79 Å². The first-order valence-electron chi connectivity index (χ1n) is 1.55. The van der Waals surface area contributed by atoms with Gasteiger partial charge < -0.3 is 11.2 Å². The van der Waals surface area contributed by atoms with E-state index in [1.54, 1.807) is 6.92 Å². The van der Waals surface area contributed by atoms with E-state index in [0.717, 1.165) is 0 Å². The van der Waals surface area contributed by atoms with E-state index in [2.05, 4.69) is 5.73 Å². The molecule has 0 fully saturated rings. The molecule has 0 bridgehead atoms. The number of hydrogen-bond donors (Lipinski definition) is 1. The standard InChI is InChI=1S/C3H7NO.K.H2O/c1-2-3(4)5;;/h2H2,1H3,(H2,4,5);;1H2/q;+1;/p-1. The Labute approximate surface area is 85.4 Å². The van der Waals surface area contributed by atoms with Gasteiger partial charge in [-0.25, -0.2) is 0 Å². The number of rotatable bonds is 1. The predicted octanol–water partition coefficient (Wildman–Crippen LogP) is -3.29. The van der Waals surface area contributed by atoms with Crippen molar-refractivity contribution in [1.82, 2.24) is 0 Å². The molecule has 0 radical (unpaired) electrons. The minimum Gasteiger partial charge on any atom is -0.870 e. The Hall–Kier alpha value is 1.07. The smallest absolute Gasteiger partial charge is 0.870 e. The molecule has 0 aromatic carbocycles. The minimum absolute atomic E-state index is 0. The molecule has 7 heavy (non-hydrogen) atoms. The molecule has 0 aliphatic rings. The van der Waals surface area contributed by atoms with Gasteiger partial charge in [-0.15, -0.1) is 0 Å². The molecule has 0 aromatic heterocycles. The van der Waals surface area contributed by atoms with Gasteiger partial charge in [0.1, 0.15) is 0 Å². The van der Waals surface area contributed by atoms with E-state index in [1.807, 2.05) is 0 Å². The molecule has 0 saturated heterocycles. The number of primary amides is 1. The Bertz CT molecular complexity index is 48.2. The normalized spacial score (nSPS) is 5.29. The maximum atomic E-state index is 9.59. The summed E-state index contributed by atoms with van der Waals surface area (Å²) in [6.45, 7) is 1.72. The van der Waals surface area contributed by atoms with Crippen LogP contribution in [0.2, 0.25) is 0 Å². The van der Waals surface area contributed by atoms with Crippen molar-refractivity contribution < 1.29 is 61.7 Å². The number of carbonyl (C=O) groups is 1. The predicted molar refractivity (Wildman–Crippen MR) is 21.4 cm³/mol. The Balaban J connectivity index is -0.0000000800. The molecule has 0 atom stereocenters. The summed E-state index contributed by atoms with van der Waals surface area (Å²) < 4.78 is 0. The average molecular weight is 129 g/mol. The summed E-state index contributed by atoms with van der Waals surface area (Å²) in [5, 5.41) is 0. The molecule has 0 aliphatic heterocycles. The second-order valence-corrected chi connectivity index (χ2v) is 0.820. The van der Waals surface area contributed by atoms with E-state index in [-0.39, 0.29) is 62.8 Å². The topological polar surface area (TPSA) is 73.1 Å². The molecular weight excluding hydrogens is 121 g/mol. The monoisotopic (exact) mass is 129 g/mol. The van der Waals surface area contributed by atoms with Gasteiger partial charge in [-0.2, -0.15) is 0 Å². The largest absolute Gasteiger partial charge is 1.00 e. The molecule has 0 aromatic rings. The third kappa shape index (κ3) is 19.3. The van der Waals surface area contributed by atoms with Crippen LogP contribution in [0.1, 0.15) is 13.3 Å². The summed E-state index contributed by atoms with van der Waals surface area (Å²) in [7, 11) is 0. The molecule has 3 N–H and O–H groups in total. The van der Waals surface area contributed by atoms with Crippen LogP contribution in [0.15, 0.2) is 0 Å². The fourth-order valence-electron chi connectivity index (χ4n) is 0. The second kappa shape index (κ2) is 10.1. The van der Waals surface area contributed by atoms with E-state index in [1.165, 1.54) is 0 Å². The van der Waals surface area contributed by atoms with Crippen LogP contribution in [0.4, 0.5) is 0 Å². The maximum Gasteiger partial charge on any atom is 1.00 e. The molecule has 0 heterocycles. The Morgan fingerprint density at radius 1 is 1.71 bits per heavy atom. The van der Waals surface area contributed by atoms with Gasteiger partial charge in [0, 0.05) is 6.42 Å². The van der Waals surface area contributed by atoms with Crippen molar-refractivity contribution in [2.75, 3.05) is 0 Å². The molecule has 4 heteroatoms. The number of amides is 1. The van der Waals surface area contributed by atoms with Crippen molar-refractivity contribution in [3.8, 4) is 0 Å². The van der Waals surface area contributed by atoms with Crippen LogP contribution in [0, 0.1) is 0 Å². The SMILES string of the molecule is CCC(N)=O.[K+].[OH-]. The summed E-state index contributed by atoms with van der Waals surface area (Å²) in [6.07, 6.45) is 0.444. The molecule has 0 rings (SSSR count). The first kappa shape index (κ1) is 15.7. The first-order chi connectivity index (χ1) is 2.27. The zero-order chi connectivity index (χ0) is 4.28. The van der Waals surface area contributed by atoms with Crippen LogP contribution >= 0.6 is 0 Å². The van der Waals surface area contributed by atoms with Crippen molar-refractivity contribution in [3.63, 3.8) is 0 Å². The van der Waals surface area contributed by atoms with Gasteiger partial charge in [-0.1, -0.05) is 6.92 Å². The van der Waals surface area contributed by atoms with Crippen molar-refractivity contribution in [2.45, 2.75) is 13.3 Å². The molecule has 0 saturated carbocycles. The molecule has 3 nitrogen and oxygen atoms in total. The van der Waals surface area contributed by atoms with Crippen LogP contribution in [-0.2, 0) is 4.79 Å². The van der Waals surface area contributed by atoms with E-state index in [4.69, 9.17) is 0 Å². The minimum atomic E-state index is -0.245. The molecule has 0 spiro atoms. The van der Waals surface area contributed by atoms with Crippen LogP contribution < -0.4 is 57.1 Å². The third-order valence-corrected chi connectivity index (χ3v) is 0.348. The fraction of sp³-hybridized carbons (Fsp3) is 0.667. The van der Waals surface area contributed by atoms with Crippen molar-refractivity contribution in [2.24, 2.45) is 5.73 Å². The van der Waals surface area contributed by atoms with Gasteiger partial charge in [-0.05, 0) is 0 Å². The van der Waals surface area contributed by atoms with Crippen LogP contribution in [0.5, 0.6) is 0 Å². The van der Waals surface area contributed by atoms with E-state index in [0.29, 0.717) is 6.42 Å². The third-order valence-electron chi connectivity index (χ3n) is 0.348. The summed E-state index contributed by atoms with van der Waals surface area (Å²) in [5.74, 6) is -0.245. The summed E-state index contributed by atoms with van der Waals surface area (Å²) in [6, 6.07) is 0. The summed E-state index contributed by atoms with van der Waals surface area (Å²) in [4.78, 5) is 9.59. The van der Waals surface area contributed by atoms with Gasteiger partial charge in [0.05, 0.1) is 0 Å². The quantitative estimate of drug-likeness (QED) is 0.377. The van der Waals surface area contributed by atoms with Gasteiger partial charge in [-0.3, -0.25) is 4.79 Å². The molecule has 38 valence electrons. The summed E-state index contributed by atoms with van der Waals surface area (Å²) >= 11 is 0. The zero-order valence-corrected chi connectivity index (χ0v) is 7.76. The van der Waals surface area contributed by atoms with Crippen molar-refractivity contribution >= 4 is 5.91 Å². The van der Waals surface area contributed by atoms with E-state index < -0.39 is 0 Å². The van der Waals surface area contributed by atoms with Gasteiger partial charge >= 0.3 is 51.4 Å². The molecule has 0 unspecified atom stereocenters. The maximum absolute atomic E-state index is 9.59. The van der Waals surface area contributed by atoms with Gasteiger partial charge in [0.15, 0.2) is 0 Å². The second-order valence-electron chi connectivity index (χ2n) is 0.820.